The third kappa shape index (κ3) is 4.84. The van der Waals surface area contributed by atoms with Gasteiger partial charge in [-0.3, -0.25) is 4.68 Å². The highest BCUT2D eigenvalue weighted by Gasteiger charge is 2.20. The van der Waals surface area contributed by atoms with E-state index in [4.69, 9.17) is 5.10 Å². The summed E-state index contributed by atoms with van der Waals surface area (Å²) in [7, 11) is 0. The molecule has 2 unspecified atom stereocenters. The Labute approximate surface area is 130 Å². The summed E-state index contributed by atoms with van der Waals surface area (Å²) in [6.07, 6.45) is 12.4. The van der Waals surface area contributed by atoms with Crippen LogP contribution >= 0.6 is 0 Å². The summed E-state index contributed by atoms with van der Waals surface area (Å²) in [6, 6.07) is 3.46. The molecule has 21 heavy (non-hydrogen) atoms. The van der Waals surface area contributed by atoms with Crippen LogP contribution in [-0.4, -0.2) is 22.4 Å². The molecule has 0 bridgehead atoms. The fraction of sp³-hybridized carbons (Fsp3) is 0.833. The molecule has 2 atom stereocenters. The van der Waals surface area contributed by atoms with Gasteiger partial charge in [0.25, 0.3) is 0 Å². The highest BCUT2D eigenvalue weighted by Crippen LogP contribution is 2.28. The van der Waals surface area contributed by atoms with Crippen molar-refractivity contribution in [3.8, 4) is 0 Å². The van der Waals surface area contributed by atoms with Gasteiger partial charge in [-0.25, -0.2) is 0 Å². The zero-order valence-electron chi connectivity index (χ0n) is 14.1. The lowest BCUT2D eigenvalue weighted by molar-refractivity contribution is 0.348. The molecule has 1 N–H and O–H groups in total. The molecule has 0 saturated heterocycles. The van der Waals surface area contributed by atoms with Crippen LogP contribution in [0.25, 0.3) is 0 Å². The molecule has 1 aromatic rings. The molecule has 1 fully saturated rings. The maximum Gasteiger partial charge on any atom is 0.0640 e. The van der Waals surface area contributed by atoms with Gasteiger partial charge >= 0.3 is 0 Å². The molecule has 120 valence electrons. The molecule has 1 aliphatic rings. The Morgan fingerprint density at radius 1 is 1.29 bits per heavy atom. The molecular weight excluding hydrogens is 258 g/mol. The van der Waals surface area contributed by atoms with Crippen molar-refractivity contribution >= 4 is 0 Å². The van der Waals surface area contributed by atoms with Crippen molar-refractivity contribution in [1.82, 2.24) is 15.1 Å². The molecule has 1 aromatic heterocycles. The molecule has 1 aliphatic carbocycles. The van der Waals surface area contributed by atoms with Crippen LogP contribution in [0.2, 0.25) is 0 Å². The van der Waals surface area contributed by atoms with E-state index in [0.717, 1.165) is 18.9 Å². The van der Waals surface area contributed by atoms with Gasteiger partial charge in [0, 0.05) is 18.7 Å². The first-order valence-electron chi connectivity index (χ1n) is 9.02. The summed E-state index contributed by atoms with van der Waals surface area (Å²) in [5.41, 5.74) is 1.26. The number of hydrogen-bond acceptors (Lipinski definition) is 2. The molecule has 2 rings (SSSR count). The maximum absolute atomic E-state index is 4.86. The maximum atomic E-state index is 4.86. The highest BCUT2D eigenvalue weighted by atomic mass is 15.3. The van der Waals surface area contributed by atoms with Crippen LogP contribution in [-0.2, 0) is 6.42 Å². The quantitative estimate of drug-likeness (QED) is 0.733. The first-order chi connectivity index (χ1) is 10.2. The standard InChI is InChI=1S/C18H33N3/c1-4-8-15(3)18(19-12-5-2)14-16-11-13-21(20-16)17-9-6-7-10-17/h11,13,15,17-19H,4-10,12,14H2,1-3H3. The summed E-state index contributed by atoms with van der Waals surface area (Å²) in [6.45, 7) is 8.01. The fourth-order valence-corrected chi connectivity index (χ4v) is 3.54. The van der Waals surface area contributed by atoms with Crippen molar-refractivity contribution in [2.24, 2.45) is 5.92 Å². The van der Waals surface area contributed by atoms with Crippen LogP contribution in [0.15, 0.2) is 12.3 Å². The van der Waals surface area contributed by atoms with Crippen LogP contribution in [0.1, 0.15) is 77.5 Å². The Morgan fingerprint density at radius 3 is 2.71 bits per heavy atom. The predicted molar refractivity (Wildman–Crippen MR) is 89.6 cm³/mol. The summed E-state index contributed by atoms with van der Waals surface area (Å²) < 4.78 is 2.23. The molecule has 0 amide bonds. The second-order valence-electron chi connectivity index (χ2n) is 6.76. The second kappa shape index (κ2) is 8.57. The summed E-state index contributed by atoms with van der Waals surface area (Å²) in [4.78, 5) is 0. The lowest BCUT2D eigenvalue weighted by atomic mass is 9.93. The minimum Gasteiger partial charge on any atom is -0.313 e. The van der Waals surface area contributed by atoms with Crippen LogP contribution in [0.4, 0.5) is 0 Å². The van der Waals surface area contributed by atoms with Crippen molar-refractivity contribution in [1.29, 1.82) is 0 Å². The summed E-state index contributed by atoms with van der Waals surface area (Å²) in [5, 5.41) is 8.59. The number of rotatable bonds is 9. The van der Waals surface area contributed by atoms with E-state index in [0.29, 0.717) is 12.1 Å². The third-order valence-electron chi connectivity index (χ3n) is 4.88. The monoisotopic (exact) mass is 291 g/mol. The summed E-state index contributed by atoms with van der Waals surface area (Å²) >= 11 is 0. The van der Waals surface area contributed by atoms with Gasteiger partial charge in [0.2, 0.25) is 0 Å². The molecule has 0 aromatic carbocycles. The average Bonchev–Trinajstić information content (AvgIpc) is 3.14. The lowest BCUT2D eigenvalue weighted by Gasteiger charge is -2.24. The van der Waals surface area contributed by atoms with Crippen LogP contribution in [0.3, 0.4) is 0 Å². The molecule has 0 aliphatic heterocycles. The van der Waals surface area contributed by atoms with Crippen LogP contribution < -0.4 is 5.32 Å². The van der Waals surface area contributed by atoms with Crippen LogP contribution in [0.5, 0.6) is 0 Å². The molecule has 1 heterocycles. The molecular formula is C18H33N3. The van der Waals surface area contributed by atoms with E-state index in [1.807, 2.05) is 0 Å². The van der Waals surface area contributed by atoms with Gasteiger partial charge in [-0.1, -0.05) is 40.0 Å². The lowest BCUT2D eigenvalue weighted by Crippen LogP contribution is -2.37. The molecule has 1 saturated carbocycles. The van der Waals surface area contributed by atoms with Crippen molar-refractivity contribution in [3.63, 3.8) is 0 Å². The SMILES string of the molecule is CCCNC(Cc1ccn(C2CCCC2)n1)C(C)CCC. The van der Waals surface area contributed by atoms with Gasteiger partial charge in [-0.2, -0.15) is 5.10 Å². The van der Waals surface area contributed by atoms with E-state index >= 15 is 0 Å². The smallest absolute Gasteiger partial charge is 0.0640 e. The first-order valence-corrected chi connectivity index (χ1v) is 9.02. The highest BCUT2D eigenvalue weighted by molar-refractivity contribution is 5.03. The number of hydrogen-bond donors (Lipinski definition) is 1. The summed E-state index contributed by atoms with van der Waals surface area (Å²) in [5.74, 6) is 0.721. The zero-order chi connectivity index (χ0) is 15.1. The molecule has 0 spiro atoms. The van der Waals surface area contributed by atoms with Crippen molar-refractivity contribution in [2.75, 3.05) is 6.54 Å². The third-order valence-corrected chi connectivity index (χ3v) is 4.88. The van der Waals surface area contributed by atoms with Crippen molar-refractivity contribution in [3.05, 3.63) is 18.0 Å². The van der Waals surface area contributed by atoms with Gasteiger partial charge in [0.1, 0.15) is 0 Å². The van der Waals surface area contributed by atoms with Gasteiger partial charge in [-0.05, 0) is 44.2 Å². The Bertz CT molecular complexity index is 393. The van der Waals surface area contributed by atoms with Gasteiger partial charge in [0.05, 0.1) is 11.7 Å². The van der Waals surface area contributed by atoms with Crippen LogP contribution in [0, 0.1) is 5.92 Å². The number of aromatic nitrogens is 2. The van der Waals surface area contributed by atoms with Crippen molar-refractivity contribution in [2.45, 2.75) is 84.2 Å². The van der Waals surface area contributed by atoms with Gasteiger partial charge < -0.3 is 5.32 Å². The molecule has 3 nitrogen and oxygen atoms in total. The van der Waals surface area contributed by atoms with E-state index in [-0.39, 0.29) is 0 Å². The zero-order valence-corrected chi connectivity index (χ0v) is 14.1. The van der Waals surface area contributed by atoms with E-state index < -0.39 is 0 Å². The van der Waals surface area contributed by atoms with E-state index in [2.05, 4.69) is 43.0 Å². The average molecular weight is 291 g/mol. The van der Waals surface area contributed by atoms with Gasteiger partial charge in [0.15, 0.2) is 0 Å². The number of nitrogens with one attached hydrogen (secondary N) is 1. The Balaban J connectivity index is 1.94. The predicted octanol–water partition coefficient (Wildman–Crippen LogP) is 4.35. The van der Waals surface area contributed by atoms with E-state index in [1.165, 1.54) is 50.6 Å². The topological polar surface area (TPSA) is 29.9 Å². The minimum absolute atomic E-state index is 0.567. The Morgan fingerprint density at radius 2 is 2.05 bits per heavy atom. The second-order valence-corrected chi connectivity index (χ2v) is 6.76. The largest absolute Gasteiger partial charge is 0.313 e. The van der Waals surface area contributed by atoms with E-state index in [1.54, 1.807) is 0 Å². The first kappa shape index (κ1) is 16.5. The molecule has 3 heteroatoms. The fourth-order valence-electron chi connectivity index (χ4n) is 3.54. The van der Waals surface area contributed by atoms with Crippen molar-refractivity contribution < 1.29 is 0 Å². The Hall–Kier alpha value is -0.830. The minimum atomic E-state index is 0.567. The van der Waals surface area contributed by atoms with Gasteiger partial charge in [-0.15, -0.1) is 0 Å². The normalized spacial score (nSPS) is 19.0. The van der Waals surface area contributed by atoms with E-state index in [9.17, 15) is 0 Å². The molecule has 0 radical (unpaired) electrons. The number of nitrogens with zero attached hydrogens (tertiary/aromatic N) is 2. The Kier molecular flexibility index (Phi) is 6.75.